The van der Waals surface area contributed by atoms with E-state index in [1.54, 1.807) is 18.1 Å². The predicted molar refractivity (Wildman–Crippen MR) is 100 cm³/mol. The summed E-state index contributed by atoms with van der Waals surface area (Å²) in [4.78, 5) is 14.6. The number of methoxy groups -OCH3 is 1. The van der Waals surface area contributed by atoms with Crippen molar-refractivity contribution in [1.29, 1.82) is 0 Å². The van der Waals surface area contributed by atoms with Crippen molar-refractivity contribution >= 4 is 17.5 Å². The molecule has 0 saturated carbocycles. The Labute approximate surface area is 158 Å². The van der Waals surface area contributed by atoms with Crippen LogP contribution < -0.4 is 9.47 Å². The number of nitrogens with zero attached hydrogens (tertiary/aromatic N) is 1. The largest absolute Gasteiger partial charge is 0.493 e. The fraction of sp³-hybridized carbons (Fsp3) is 0.350. The number of aryl methyl sites for hydroxylation is 1. The summed E-state index contributed by atoms with van der Waals surface area (Å²) in [5, 5.41) is 0.467. The van der Waals surface area contributed by atoms with Crippen LogP contribution in [0, 0.1) is 6.92 Å². The average Bonchev–Trinajstić information content (AvgIpc) is 2.68. The maximum atomic E-state index is 12.8. The summed E-state index contributed by atoms with van der Waals surface area (Å²) < 4.78 is 16.9. The van der Waals surface area contributed by atoms with Crippen molar-refractivity contribution in [2.24, 2.45) is 0 Å². The molecule has 0 spiro atoms. The van der Waals surface area contributed by atoms with E-state index in [-0.39, 0.29) is 12.0 Å². The van der Waals surface area contributed by atoms with Gasteiger partial charge in [-0.05, 0) is 31.2 Å². The maximum Gasteiger partial charge on any atom is 0.255 e. The first-order valence-corrected chi connectivity index (χ1v) is 8.89. The third-order valence-electron chi connectivity index (χ3n) is 4.27. The molecule has 1 atom stereocenters. The Hall–Kier alpha value is -2.24. The lowest BCUT2D eigenvalue weighted by Crippen LogP contribution is -2.47. The van der Waals surface area contributed by atoms with Crippen LogP contribution in [0.25, 0.3) is 0 Å². The van der Waals surface area contributed by atoms with Crippen LogP contribution in [-0.4, -0.2) is 50.3 Å². The molecule has 1 saturated heterocycles. The number of morpholine rings is 1. The van der Waals surface area contributed by atoms with Crippen LogP contribution in [0.5, 0.6) is 11.5 Å². The van der Waals surface area contributed by atoms with E-state index in [1.165, 1.54) is 0 Å². The Kier molecular flexibility index (Phi) is 6.01. The van der Waals surface area contributed by atoms with E-state index < -0.39 is 0 Å². The van der Waals surface area contributed by atoms with Gasteiger partial charge in [0.2, 0.25) is 0 Å². The highest BCUT2D eigenvalue weighted by Crippen LogP contribution is 2.26. The fourth-order valence-corrected chi connectivity index (χ4v) is 3.10. The third kappa shape index (κ3) is 4.29. The van der Waals surface area contributed by atoms with Gasteiger partial charge in [0.05, 0.1) is 30.8 Å². The van der Waals surface area contributed by atoms with Gasteiger partial charge in [0.1, 0.15) is 12.7 Å². The zero-order valence-electron chi connectivity index (χ0n) is 14.9. The van der Waals surface area contributed by atoms with Crippen LogP contribution in [0.3, 0.4) is 0 Å². The highest BCUT2D eigenvalue weighted by Gasteiger charge is 2.27. The van der Waals surface area contributed by atoms with E-state index in [4.69, 9.17) is 25.8 Å². The quantitative estimate of drug-likeness (QED) is 0.801. The lowest BCUT2D eigenvalue weighted by atomic mass is 10.1. The standard InChI is InChI=1S/C20H22ClNO4/c1-14-7-8-17(21)16(11-14)20(23)22-9-10-25-15(12-22)13-26-19-6-4-3-5-18(19)24-2/h3-8,11,15H,9-10,12-13H2,1-2H3. The second kappa shape index (κ2) is 8.43. The van der Waals surface area contributed by atoms with Crippen molar-refractivity contribution in [3.8, 4) is 11.5 Å². The fourth-order valence-electron chi connectivity index (χ4n) is 2.90. The Morgan fingerprint density at radius 3 is 2.81 bits per heavy atom. The number of hydrogen-bond donors (Lipinski definition) is 0. The number of carbonyl (C=O) groups is 1. The predicted octanol–water partition coefficient (Wildman–Crippen LogP) is 3.58. The summed E-state index contributed by atoms with van der Waals surface area (Å²) in [7, 11) is 1.60. The minimum atomic E-state index is -0.207. The minimum absolute atomic E-state index is 0.0794. The van der Waals surface area contributed by atoms with E-state index in [1.807, 2.05) is 43.3 Å². The van der Waals surface area contributed by atoms with E-state index in [2.05, 4.69) is 0 Å². The molecule has 138 valence electrons. The molecule has 0 bridgehead atoms. The molecule has 5 nitrogen and oxygen atoms in total. The van der Waals surface area contributed by atoms with E-state index in [9.17, 15) is 4.79 Å². The summed E-state index contributed by atoms with van der Waals surface area (Å²) in [6.45, 7) is 3.74. The monoisotopic (exact) mass is 375 g/mol. The minimum Gasteiger partial charge on any atom is -0.493 e. The molecule has 6 heteroatoms. The van der Waals surface area contributed by atoms with Crippen molar-refractivity contribution in [2.75, 3.05) is 33.4 Å². The highest BCUT2D eigenvalue weighted by molar-refractivity contribution is 6.33. The first-order chi connectivity index (χ1) is 12.6. The maximum absolute atomic E-state index is 12.8. The molecule has 26 heavy (non-hydrogen) atoms. The molecule has 0 aliphatic carbocycles. The van der Waals surface area contributed by atoms with Gasteiger partial charge in [0, 0.05) is 6.54 Å². The first kappa shape index (κ1) is 18.5. The Bertz CT molecular complexity index is 780. The van der Waals surface area contributed by atoms with Crippen molar-refractivity contribution < 1.29 is 19.0 Å². The summed E-state index contributed by atoms with van der Waals surface area (Å²) in [6.07, 6.45) is -0.207. The van der Waals surface area contributed by atoms with Crippen LogP contribution in [-0.2, 0) is 4.74 Å². The molecule has 0 aromatic heterocycles. The molecule has 0 N–H and O–H groups in total. The molecule has 1 heterocycles. The summed E-state index contributed by atoms with van der Waals surface area (Å²) in [5.74, 6) is 1.25. The van der Waals surface area contributed by atoms with Gasteiger partial charge in [0.25, 0.3) is 5.91 Å². The topological polar surface area (TPSA) is 48.0 Å². The Morgan fingerprint density at radius 1 is 1.27 bits per heavy atom. The lowest BCUT2D eigenvalue weighted by Gasteiger charge is -2.33. The molecule has 1 fully saturated rings. The lowest BCUT2D eigenvalue weighted by molar-refractivity contribution is -0.0403. The smallest absolute Gasteiger partial charge is 0.255 e. The Morgan fingerprint density at radius 2 is 2.04 bits per heavy atom. The normalized spacial score (nSPS) is 17.0. The van der Waals surface area contributed by atoms with Crippen LogP contribution in [0.15, 0.2) is 42.5 Å². The molecule has 1 aliphatic rings. The number of ether oxygens (including phenoxy) is 3. The van der Waals surface area contributed by atoms with Crippen molar-refractivity contribution in [1.82, 2.24) is 4.90 Å². The molecule has 2 aromatic carbocycles. The van der Waals surface area contributed by atoms with Gasteiger partial charge in [-0.2, -0.15) is 0 Å². The van der Waals surface area contributed by atoms with Gasteiger partial charge >= 0.3 is 0 Å². The SMILES string of the molecule is COc1ccccc1OCC1CN(C(=O)c2cc(C)ccc2Cl)CCO1. The molecule has 2 aromatic rings. The van der Waals surface area contributed by atoms with Crippen molar-refractivity contribution in [2.45, 2.75) is 13.0 Å². The van der Waals surface area contributed by atoms with Crippen LogP contribution in [0.2, 0.25) is 5.02 Å². The van der Waals surface area contributed by atoms with Gasteiger partial charge in [-0.3, -0.25) is 4.79 Å². The number of para-hydroxylation sites is 2. The number of rotatable bonds is 5. The summed E-state index contributed by atoms with van der Waals surface area (Å²) in [5.41, 5.74) is 1.53. The molecular formula is C20H22ClNO4. The average molecular weight is 376 g/mol. The second-order valence-electron chi connectivity index (χ2n) is 6.19. The van der Waals surface area contributed by atoms with Gasteiger partial charge < -0.3 is 19.1 Å². The van der Waals surface area contributed by atoms with Crippen LogP contribution >= 0.6 is 11.6 Å². The summed E-state index contributed by atoms with van der Waals surface area (Å²) in [6, 6.07) is 12.9. The number of halogens is 1. The van der Waals surface area contributed by atoms with E-state index in [0.717, 1.165) is 5.56 Å². The van der Waals surface area contributed by atoms with Gasteiger partial charge in [-0.1, -0.05) is 35.4 Å². The molecular weight excluding hydrogens is 354 g/mol. The molecule has 0 radical (unpaired) electrons. The van der Waals surface area contributed by atoms with Crippen LogP contribution in [0.4, 0.5) is 0 Å². The first-order valence-electron chi connectivity index (χ1n) is 8.51. The van der Waals surface area contributed by atoms with Gasteiger partial charge in [-0.15, -0.1) is 0 Å². The highest BCUT2D eigenvalue weighted by atomic mass is 35.5. The number of hydrogen-bond acceptors (Lipinski definition) is 4. The zero-order valence-corrected chi connectivity index (χ0v) is 15.7. The Balaban J connectivity index is 1.64. The third-order valence-corrected chi connectivity index (χ3v) is 4.60. The molecule has 1 amide bonds. The van der Waals surface area contributed by atoms with E-state index in [0.29, 0.717) is 48.4 Å². The zero-order chi connectivity index (χ0) is 18.5. The van der Waals surface area contributed by atoms with Crippen molar-refractivity contribution in [3.05, 3.63) is 58.6 Å². The van der Waals surface area contributed by atoms with Gasteiger partial charge in [0.15, 0.2) is 11.5 Å². The second-order valence-corrected chi connectivity index (χ2v) is 6.60. The molecule has 3 rings (SSSR count). The molecule has 1 unspecified atom stereocenters. The van der Waals surface area contributed by atoms with Crippen molar-refractivity contribution in [3.63, 3.8) is 0 Å². The number of amides is 1. The number of benzene rings is 2. The van der Waals surface area contributed by atoms with Crippen LogP contribution in [0.1, 0.15) is 15.9 Å². The molecule has 1 aliphatic heterocycles. The van der Waals surface area contributed by atoms with Gasteiger partial charge in [-0.25, -0.2) is 0 Å². The number of carbonyl (C=O) groups excluding carboxylic acids is 1. The van der Waals surface area contributed by atoms with E-state index >= 15 is 0 Å². The summed E-state index contributed by atoms with van der Waals surface area (Å²) >= 11 is 6.20.